The van der Waals surface area contributed by atoms with Gasteiger partial charge in [-0.1, -0.05) is 18.2 Å². The number of hydrogen-bond acceptors (Lipinski definition) is 4. The molecule has 7 nitrogen and oxygen atoms in total. The van der Waals surface area contributed by atoms with Crippen molar-refractivity contribution in [2.24, 2.45) is 0 Å². The SMILES string of the molecule is C=CCOCC(NC(=O)CNC(=O)Cc1cccc(F)c1)C(=O)O. The Morgan fingerprint density at radius 1 is 1.33 bits per heavy atom. The van der Waals surface area contributed by atoms with Crippen molar-refractivity contribution in [2.75, 3.05) is 19.8 Å². The van der Waals surface area contributed by atoms with Crippen LogP contribution >= 0.6 is 0 Å². The molecule has 0 radical (unpaired) electrons. The standard InChI is InChI=1S/C16H19FN2O5/c1-2-6-24-10-13(16(22)23)19-15(21)9-18-14(20)8-11-4-3-5-12(17)7-11/h2-5,7,13H,1,6,8-10H2,(H,18,20)(H,19,21)(H,22,23). The Hall–Kier alpha value is -2.74. The zero-order chi connectivity index (χ0) is 17.9. The molecule has 1 aromatic rings. The van der Waals surface area contributed by atoms with Crippen molar-refractivity contribution in [1.29, 1.82) is 0 Å². The molecule has 0 aliphatic heterocycles. The lowest BCUT2D eigenvalue weighted by Gasteiger charge is -2.14. The molecule has 0 saturated carbocycles. The van der Waals surface area contributed by atoms with Crippen LogP contribution in [0.5, 0.6) is 0 Å². The first kappa shape index (κ1) is 19.3. The van der Waals surface area contributed by atoms with Crippen LogP contribution in [0.2, 0.25) is 0 Å². The van der Waals surface area contributed by atoms with Crippen LogP contribution in [0, 0.1) is 5.82 Å². The van der Waals surface area contributed by atoms with Crippen LogP contribution in [0.4, 0.5) is 4.39 Å². The molecule has 1 atom stereocenters. The zero-order valence-corrected chi connectivity index (χ0v) is 13.0. The average molecular weight is 338 g/mol. The van der Waals surface area contributed by atoms with Crippen molar-refractivity contribution < 1.29 is 28.6 Å². The molecule has 1 rings (SSSR count). The molecular weight excluding hydrogens is 319 g/mol. The summed E-state index contributed by atoms with van der Waals surface area (Å²) in [5, 5.41) is 13.5. The second-order valence-electron chi connectivity index (χ2n) is 4.87. The maximum absolute atomic E-state index is 13.0. The minimum absolute atomic E-state index is 0.0875. The fourth-order valence-corrected chi connectivity index (χ4v) is 1.76. The molecule has 1 aromatic carbocycles. The smallest absolute Gasteiger partial charge is 0.328 e. The van der Waals surface area contributed by atoms with Crippen molar-refractivity contribution in [3.8, 4) is 0 Å². The van der Waals surface area contributed by atoms with Crippen LogP contribution < -0.4 is 10.6 Å². The number of aliphatic carboxylic acids is 1. The first-order valence-electron chi connectivity index (χ1n) is 7.14. The van der Waals surface area contributed by atoms with Crippen LogP contribution in [0.15, 0.2) is 36.9 Å². The molecule has 0 spiro atoms. The Kier molecular flexibility index (Phi) is 8.14. The number of hydrogen-bond donors (Lipinski definition) is 3. The minimum atomic E-state index is -1.25. The van der Waals surface area contributed by atoms with Crippen LogP contribution in [0.3, 0.4) is 0 Å². The van der Waals surface area contributed by atoms with E-state index in [1.165, 1.54) is 24.3 Å². The van der Waals surface area contributed by atoms with Gasteiger partial charge in [0, 0.05) is 0 Å². The monoisotopic (exact) mass is 338 g/mol. The van der Waals surface area contributed by atoms with Crippen LogP contribution in [-0.2, 0) is 25.5 Å². The molecule has 8 heteroatoms. The van der Waals surface area contributed by atoms with Gasteiger partial charge in [0.15, 0.2) is 6.04 Å². The lowest BCUT2D eigenvalue weighted by Crippen LogP contribution is -2.47. The molecule has 0 aliphatic rings. The maximum atomic E-state index is 13.0. The van der Waals surface area contributed by atoms with E-state index < -0.39 is 29.6 Å². The molecule has 1 unspecified atom stereocenters. The van der Waals surface area contributed by atoms with Crippen molar-refractivity contribution in [3.05, 3.63) is 48.3 Å². The number of benzene rings is 1. The second-order valence-corrected chi connectivity index (χ2v) is 4.87. The zero-order valence-electron chi connectivity index (χ0n) is 13.0. The third-order valence-corrected chi connectivity index (χ3v) is 2.85. The molecule has 0 aromatic heterocycles. The summed E-state index contributed by atoms with van der Waals surface area (Å²) in [5.41, 5.74) is 0.467. The van der Waals surface area contributed by atoms with Gasteiger partial charge in [0.25, 0.3) is 0 Å². The van der Waals surface area contributed by atoms with E-state index in [0.29, 0.717) is 5.56 Å². The summed E-state index contributed by atoms with van der Waals surface area (Å²) < 4.78 is 18.0. The average Bonchev–Trinajstić information content (AvgIpc) is 2.52. The highest BCUT2D eigenvalue weighted by atomic mass is 19.1. The Labute approximate surface area is 138 Å². The second kappa shape index (κ2) is 10.1. The third kappa shape index (κ3) is 7.50. The van der Waals surface area contributed by atoms with Gasteiger partial charge in [-0.25, -0.2) is 9.18 Å². The number of carboxylic acids is 1. The Bertz CT molecular complexity index is 606. The quantitative estimate of drug-likeness (QED) is 0.419. The molecule has 3 N–H and O–H groups in total. The number of carboxylic acid groups (broad SMARTS) is 1. The molecule has 0 fully saturated rings. The lowest BCUT2D eigenvalue weighted by atomic mass is 10.1. The molecule has 130 valence electrons. The number of carbonyl (C=O) groups is 3. The van der Waals surface area contributed by atoms with Crippen LogP contribution in [-0.4, -0.2) is 48.7 Å². The number of ether oxygens (including phenoxy) is 1. The summed E-state index contributed by atoms with van der Waals surface area (Å²) in [5.74, 6) is -2.86. The highest BCUT2D eigenvalue weighted by molar-refractivity contribution is 5.88. The van der Waals surface area contributed by atoms with Crippen molar-refractivity contribution in [1.82, 2.24) is 10.6 Å². The Morgan fingerprint density at radius 3 is 2.71 bits per heavy atom. The van der Waals surface area contributed by atoms with E-state index in [4.69, 9.17) is 9.84 Å². The molecule has 0 saturated heterocycles. The number of nitrogens with one attached hydrogen (secondary N) is 2. The summed E-state index contributed by atoms with van der Waals surface area (Å²) in [7, 11) is 0. The van der Waals surface area contributed by atoms with E-state index in [2.05, 4.69) is 17.2 Å². The van der Waals surface area contributed by atoms with E-state index in [0.717, 1.165) is 0 Å². The number of carbonyl (C=O) groups excluding carboxylic acids is 2. The van der Waals surface area contributed by atoms with Crippen molar-refractivity contribution in [3.63, 3.8) is 0 Å². The van der Waals surface area contributed by atoms with E-state index in [9.17, 15) is 18.8 Å². The number of halogens is 1. The van der Waals surface area contributed by atoms with Crippen molar-refractivity contribution in [2.45, 2.75) is 12.5 Å². The molecule has 0 heterocycles. The van der Waals surface area contributed by atoms with Gasteiger partial charge in [0.2, 0.25) is 11.8 Å². The summed E-state index contributed by atoms with van der Waals surface area (Å²) in [6.45, 7) is 2.97. The first-order valence-corrected chi connectivity index (χ1v) is 7.14. The predicted molar refractivity (Wildman–Crippen MR) is 83.7 cm³/mol. The molecule has 24 heavy (non-hydrogen) atoms. The van der Waals surface area contributed by atoms with Gasteiger partial charge in [0.1, 0.15) is 5.82 Å². The fraction of sp³-hybridized carbons (Fsp3) is 0.312. The molecule has 2 amide bonds. The summed E-state index contributed by atoms with van der Waals surface area (Å²) in [6, 6.07) is 4.32. The lowest BCUT2D eigenvalue weighted by molar-refractivity contribution is -0.143. The van der Waals surface area contributed by atoms with E-state index >= 15 is 0 Å². The highest BCUT2D eigenvalue weighted by Gasteiger charge is 2.20. The van der Waals surface area contributed by atoms with E-state index in [-0.39, 0.29) is 26.2 Å². The van der Waals surface area contributed by atoms with Crippen molar-refractivity contribution >= 4 is 17.8 Å². The predicted octanol–water partition coefficient (Wildman–Crippen LogP) is 0.256. The first-order chi connectivity index (χ1) is 11.4. The van der Waals surface area contributed by atoms with E-state index in [1.54, 1.807) is 6.07 Å². The highest BCUT2D eigenvalue weighted by Crippen LogP contribution is 2.03. The summed E-state index contributed by atoms with van der Waals surface area (Å²) in [6.07, 6.45) is 1.36. The number of amides is 2. The largest absolute Gasteiger partial charge is 0.480 e. The van der Waals surface area contributed by atoms with Gasteiger partial charge >= 0.3 is 5.97 Å². The molecular formula is C16H19FN2O5. The number of rotatable bonds is 10. The van der Waals surface area contributed by atoms with Gasteiger partial charge in [-0.15, -0.1) is 6.58 Å². The maximum Gasteiger partial charge on any atom is 0.328 e. The summed E-state index contributed by atoms with van der Waals surface area (Å²) >= 11 is 0. The Balaban J connectivity index is 2.39. The minimum Gasteiger partial charge on any atom is -0.480 e. The van der Waals surface area contributed by atoms with Gasteiger partial charge < -0.3 is 20.5 Å². The normalized spacial score (nSPS) is 11.4. The fourth-order valence-electron chi connectivity index (χ4n) is 1.76. The molecule has 0 bridgehead atoms. The third-order valence-electron chi connectivity index (χ3n) is 2.85. The van der Waals surface area contributed by atoms with Crippen LogP contribution in [0.1, 0.15) is 5.56 Å². The van der Waals surface area contributed by atoms with Gasteiger partial charge in [-0.3, -0.25) is 9.59 Å². The van der Waals surface area contributed by atoms with E-state index in [1.807, 2.05) is 0 Å². The van der Waals surface area contributed by atoms with Crippen LogP contribution in [0.25, 0.3) is 0 Å². The summed E-state index contributed by atoms with van der Waals surface area (Å²) in [4.78, 5) is 34.4. The van der Waals surface area contributed by atoms with Gasteiger partial charge in [0.05, 0.1) is 26.2 Å². The van der Waals surface area contributed by atoms with Gasteiger partial charge in [-0.05, 0) is 17.7 Å². The Morgan fingerprint density at radius 2 is 2.08 bits per heavy atom. The molecule has 0 aliphatic carbocycles. The topological polar surface area (TPSA) is 105 Å². The van der Waals surface area contributed by atoms with Gasteiger partial charge in [-0.2, -0.15) is 0 Å².